The first-order chi connectivity index (χ1) is 9.42. The summed E-state index contributed by atoms with van der Waals surface area (Å²) >= 11 is 0. The Balaban J connectivity index is 1.40. The molecule has 0 bridgehead atoms. The second kappa shape index (κ2) is 6.53. The molecule has 0 spiro atoms. The summed E-state index contributed by atoms with van der Waals surface area (Å²) in [6.07, 6.45) is 8.14. The Morgan fingerprint density at radius 3 is 2.68 bits per heavy atom. The maximum absolute atomic E-state index is 3.60. The Morgan fingerprint density at radius 1 is 0.947 bits per heavy atom. The molecule has 1 aromatic carbocycles. The molecule has 3 rings (SSSR count). The summed E-state index contributed by atoms with van der Waals surface area (Å²) in [5.41, 5.74) is 4.63. The van der Waals surface area contributed by atoms with Crippen molar-refractivity contribution >= 4 is 0 Å². The Kier molecular flexibility index (Phi) is 4.52. The molecule has 104 valence electrons. The molecule has 2 heteroatoms. The van der Waals surface area contributed by atoms with Gasteiger partial charge in [-0.15, -0.1) is 0 Å². The van der Waals surface area contributed by atoms with Crippen LogP contribution in [0.5, 0.6) is 0 Å². The Bertz CT molecular complexity index is 408. The summed E-state index contributed by atoms with van der Waals surface area (Å²) in [6, 6.07) is 7.05. The number of rotatable bonds is 5. The van der Waals surface area contributed by atoms with Crippen LogP contribution in [0, 0.1) is 0 Å². The third-order valence-electron chi connectivity index (χ3n) is 4.55. The smallest absolute Gasteiger partial charge is 0.0206 e. The molecular weight excluding hydrogens is 232 g/mol. The van der Waals surface area contributed by atoms with Crippen molar-refractivity contribution in [1.82, 2.24) is 10.2 Å². The molecule has 2 aliphatic rings. The lowest BCUT2D eigenvalue weighted by molar-refractivity contribution is 0.229. The normalized spacial score (nSPS) is 19.6. The molecule has 1 N–H and O–H groups in total. The second-order valence-electron chi connectivity index (χ2n) is 6.04. The van der Waals surface area contributed by atoms with Crippen molar-refractivity contribution in [2.24, 2.45) is 0 Å². The van der Waals surface area contributed by atoms with Crippen LogP contribution in [0.1, 0.15) is 42.4 Å². The van der Waals surface area contributed by atoms with Crippen molar-refractivity contribution in [2.75, 3.05) is 26.2 Å². The molecule has 0 amide bonds. The first-order valence-corrected chi connectivity index (χ1v) is 7.95. The van der Waals surface area contributed by atoms with E-state index in [4.69, 9.17) is 0 Å². The Labute approximate surface area is 117 Å². The van der Waals surface area contributed by atoms with Crippen LogP contribution >= 0.6 is 0 Å². The second-order valence-corrected chi connectivity index (χ2v) is 6.04. The van der Waals surface area contributed by atoms with E-state index in [1.807, 2.05) is 0 Å². The molecule has 0 atom stereocenters. The van der Waals surface area contributed by atoms with Crippen molar-refractivity contribution in [3.05, 3.63) is 34.9 Å². The van der Waals surface area contributed by atoms with Gasteiger partial charge in [-0.3, -0.25) is 0 Å². The topological polar surface area (TPSA) is 15.3 Å². The molecule has 0 unspecified atom stereocenters. The summed E-state index contributed by atoms with van der Waals surface area (Å²) < 4.78 is 0. The lowest BCUT2D eigenvalue weighted by atomic mass is 10.1. The zero-order valence-electron chi connectivity index (χ0n) is 12.0. The van der Waals surface area contributed by atoms with Gasteiger partial charge in [0, 0.05) is 19.6 Å². The molecule has 2 nitrogen and oxygen atoms in total. The van der Waals surface area contributed by atoms with Crippen LogP contribution in [0.3, 0.4) is 0 Å². The highest BCUT2D eigenvalue weighted by atomic mass is 15.1. The standard InChI is InChI=1S/C17H26N2/c1-2-10-19(11-3-1)12-9-18-14-15-7-8-16-5-4-6-17(16)13-15/h7-8,13,18H,1-6,9-12,14H2. The van der Waals surface area contributed by atoms with Gasteiger partial charge in [0.05, 0.1) is 0 Å². The van der Waals surface area contributed by atoms with E-state index in [0.717, 1.165) is 13.1 Å². The van der Waals surface area contributed by atoms with Gasteiger partial charge in [0.25, 0.3) is 0 Å². The van der Waals surface area contributed by atoms with Crippen LogP contribution < -0.4 is 5.32 Å². The van der Waals surface area contributed by atoms with E-state index in [0.29, 0.717) is 0 Å². The van der Waals surface area contributed by atoms with Crippen molar-refractivity contribution in [3.63, 3.8) is 0 Å². The zero-order chi connectivity index (χ0) is 12.9. The van der Waals surface area contributed by atoms with E-state index in [-0.39, 0.29) is 0 Å². The number of hydrogen-bond donors (Lipinski definition) is 1. The summed E-state index contributed by atoms with van der Waals surface area (Å²) in [7, 11) is 0. The fraction of sp³-hybridized carbons (Fsp3) is 0.647. The molecule has 1 aliphatic carbocycles. The van der Waals surface area contributed by atoms with Crippen molar-refractivity contribution in [1.29, 1.82) is 0 Å². The third kappa shape index (κ3) is 3.58. The molecule has 19 heavy (non-hydrogen) atoms. The zero-order valence-corrected chi connectivity index (χ0v) is 12.0. The number of piperidine rings is 1. The maximum atomic E-state index is 3.60. The van der Waals surface area contributed by atoms with Crippen LogP contribution in [0.4, 0.5) is 0 Å². The highest BCUT2D eigenvalue weighted by molar-refractivity contribution is 5.35. The number of benzene rings is 1. The van der Waals surface area contributed by atoms with Crippen LogP contribution in [0.2, 0.25) is 0 Å². The lowest BCUT2D eigenvalue weighted by Crippen LogP contribution is -2.35. The molecule has 1 heterocycles. The van der Waals surface area contributed by atoms with Gasteiger partial charge in [0.2, 0.25) is 0 Å². The van der Waals surface area contributed by atoms with E-state index >= 15 is 0 Å². The van der Waals surface area contributed by atoms with E-state index in [1.165, 1.54) is 63.7 Å². The van der Waals surface area contributed by atoms with Gasteiger partial charge in [-0.1, -0.05) is 24.6 Å². The van der Waals surface area contributed by atoms with E-state index in [2.05, 4.69) is 28.4 Å². The molecule has 1 aromatic rings. The minimum Gasteiger partial charge on any atom is -0.311 e. The summed E-state index contributed by atoms with van der Waals surface area (Å²) in [6.45, 7) is 5.98. The molecule has 0 saturated carbocycles. The van der Waals surface area contributed by atoms with E-state index < -0.39 is 0 Å². The van der Waals surface area contributed by atoms with Crippen LogP contribution in [0.25, 0.3) is 0 Å². The van der Waals surface area contributed by atoms with Gasteiger partial charge in [0.1, 0.15) is 0 Å². The predicted molar refractivity (Wildman–Crippen MR) is 80.5 cm³/mol. The molecule has 1 fully saturated rings. The molecule has 1 aliphatic heterocycles. The van der Waals surface area contributed by atoms with Crippen LogP contribution in [-0.2, 0) is 19.4 Å². The van der Waals surface area contributed by atoms with Gasteiger partial charge in [-0.2, -0.15) is 0 Å². The van der Waals surface area contributed by atoms with Crippen molar-refractivity contribution in [3.8, 4) is 0 Å². The monoisotopic (exact) mass is 258 g/mol. The van der Waals surface area contributed by atoms with Crippen molar-refractivity contribution in [2.45, 2.75) is 45.1 Å². The van der Waals surface area contributed by atoms with Gasteiger partial charge in [0.15, 0.2) is 0 Å². The SMILES string of the molecule is c1cc2c(cc1CNCCN1CCCCC1)CCC2. The lowest BCUT2D eigenvalue weighted by Gasteiger charge is -2.26. The molecule has 0 aromatic heterocycles. The number of nitrogens with zero attached hydrogens (tertiary/aromatic N) is 1. The van der Waals surface area contributed by atoms with E-state index in [1.54, 1.807) is 11.1 Å². The average Bonchev–Trinajstić information content (AvgIpc) is 2.92. The molecular formula is C17H26N2. The summed E-state index contributed by atoms with van der Waals surface area (Å²) in [5.74, 6) is 0. The molecule has 1 saturated heterocycles. The quantitative estimate of drug-likeness (QED) is 0.817. The fourth-order valence-electron chi connectivity index (χ4n) is 3.39. The highest BCUT2D eigenvalue weighted by Crippen LogP contribution is 2.22. The van der Waals surface area contributed by atoms with Crippen molar-refractivity contribution < 1.29 is 0 Å². The third-order valence-corrected chi connectivity index (χ3v) is 4.55. The highest BCUT2D eigenvalue weighted by Gasteiger charge is 2.11. The first-order valence-electron chi connectivity index (χ1n) is 7.95. The molecule has 0 radical (unpaired) electrons. The van der Waals surface area contributed by atoms with Gasteiger partial charge >= 0.3 is 0 Å². The van der Waals surface area contributed by atoms with Gasteiger partial charge in [-0.25, -0.2) is 0 Å². The van der Waals surface area contributed by atoms with E-state index in [9.17, 15) is 0 Å². The maximum Gasteiger partial charge on any atom is 0.0206 e. The Hall–Kier alpha value is -0.860. The number of nitrogens with one attached hydrogen (secondary N) is 1. The predicted octanol–water partition coefficient (Wildman–Crippen LogP) is 2.75. The summed E-state index contributed by atoms with van der Waals surface area (Å²) in [5, 5.41) is 3.60. The number of likely N-dealkylation sites (tertiary alicyclic amines) is 1. The minimum atomic E-state index is 1.03. The number of aryl methyl sites for hydroxylation is 2. The van der Waals surface area contributed by atoms with Crippen LogP contribution in [-0.4, -0.2) is 31.1 Å². The largest absolute Gasteiger partial charge is 0.311 e. The first kappa shape index (κ1) is 13.1. The average molecular weight is 258 g/mol. The minimum absolute atomic E-state index is 1.03. The Morgan fingerprint density at radius 2 is 1.79 bits per heavy atom. The number of fused-ring (bicyclic) bond motifs is 1. The van der Waals surface area contributed by atoms with Gasteiger partial charge in [-0.05, 0) is 61.9 Å². The fourth-order valence-corrected chi connectivity index (χ4v) is 3.39. The summed E-state index contributed by atoms with van der Waals surface area (Å²) in [4.78, 5) is 2.60. The van der Waals surface area contributed by atoms with Gasteiger partial charge < -0.3 is 10.2 Å². The van der Waals surface area contributed by atoms with Crippen LogP contribution in [0.15, 0.2) is 18.2 Å². The number of hydrogen-bond acceptors (Lipinski definition) is 2.